The molecule has 0 aliphatic rings. The standard InChI is InChI=1S/C9H7BrN2O.C9H6BrNO2/c10-7-2-1-6(9(11)13)8-5(7)3-4-12-8;10-7-2-1-6(9(12)13)8-5(7)3-4-11-8/h1-4,12H,(H2,11,13);1-4,11H,(H,12,13). The van der Waals surface area contributed by atoms with Crippen molar-refractivity contribution >= 4 is 65.5 Å². The Morgan fingerprint density at radius 1 is 0.808 bits per heavy atom. The largest absolute Gasteiger partial charge is 0.478 e. The van der Waals surface area contributed by atoms with Crippen molar-refractivity contribution in [3.63, 3.8) is 0 Å². The Labute approximate surface area is 164 Å². The molecule has 132 valence electrons. The highest BCUT2D eigenvalue weighted by atomic mass is 79.9. The first-order chi connectivity index (χ1) is 12.4. The predicted octanol–water partition coefficient (Wildman–Crippen LogP) is 4.66. The normalized spacial score (nSPS) is 10.5. The number of nitrogens with one attached hydrogen (secondary N) is 2. The second-order valence-electron chi connectivity index (χ2n) is 5.39. The maximum absolute atomic E-state index is 11.0. The van der Waals surface area contributed by atoms with Crippen molar-refractivity contribution < 1.29 is 14.7 Å². The molecule has 2 aromatic heterocycles. The number of aromatic nitrogens is 2. The van der Waals surface area contributed by atoms with Crippen LogP contribution in [-0.2, 0) is 0 Å². The van der Waals surface area contributed by atoms with Gasteiger partial charge in [-0.2, -0.15) is 0 Å². The van der Waals surface area contributed by atoms with E-state index in [1.807, 2.05) is 18.2 Å². The first-order valence-corrected chi connectivity index (χ1v) is 9.03. The highest BCUT2D eigenvalue weighted by Crippen LogP contribution is 2.26. The summed E-state index contributed by atoms with van der Waals surface area (Å²) in [6.45, 7) is 0. The number of hydrogen-bond donors (Lipinski definition) is 4. The van der Waals surface area contributed by atoms with Gasteiger partial charge >= 0.3 is 5.97 Å². The number of rotatable bonds is 2. The van der Waals surface area contributed by atoms with Crippen LogP contribution in [-0.4, -0.2) is 27.0 Å². The maximum atomic E-state index is 11.0. The second-order valence-corrected chi connectivity index (χ2v) is 7.10. The Morgan fingerprint density at radius 2 is 1.27 bits per heavy atom. The molecule has 0 aliphatic heterocycles. The molecule has 0 bridgehead atoms. The van der Waals surface area contributed by atoms with Gasteiger partial charge in [0.25, 0.3) is 5.91 Å². The van der Waals surface area contributed by atoms with Crippen LogP contribution in [0.1, 0.15) is 20.7 Å². The van der Waals surface area contributed by atoms with E-state index in [0.29, 0.717) is 16.6 Å². The second kappa shape index (κ2) is 7.35. The lowest BCUT2D eigenvalue weighted by Gasteiger charge is -1.99. The van der Waals surface area contributed by atoms with Gasteiger partial charge in [0.2, 0.25) is 0 Å². The van der Waals surface area contributed by atoms with E-state index in [0.717, 1.165) is 25.2 Å². The van der Waals surface area contributed by atoms with Gasteiger partial charge in [-0.25, -0.2) is 4.79 Å². The van der Waals surface area contributed by atoms with Gasteiger partial charge in [0.1, 0.15) is 0 Å². The number of amides is 1. The van der Waals surface area contributed by atoms with Gasteiger partial charge in [-0.3, -0.25) is 4.79 Å². The summed E-state index contributed by atoms with van der Waals surface area (Å²) >= 11 is 6.73. The first-order valence-electron chi connectivity index (χ1n) is 7.44. The van der Waals surface area contributed by atoms with E-state index in [4.69, 9.17) is 10.8 Å². The lowest BCUT2D eigenvalue weighted by Crippen LogP contribution is -2.11. The number of carboxylic acid groups (broad SMARTS) is 1. The van der Waals surface area contributed by atoms with Crippen LogP contribution in [0, 0.1) is 0 Å². The monoisotopic (exact) mass is 477 g/mol. The van der Waals surface area contributed by atoms with Crippen molar-refractivity contribution in [2.75, 3.05) is 0 Å². The molecule has 0 atom stereocenters. The minimum Gasteiger partial charge on any atom is -0.478 e. The van der Waals surface area contributed by atoms with Gasteiger partial charge in [-0.05, 0) is 36.4 Å². The summed E-state index contributed by atoms with van der Waals surface area (Å²) in [7, 11) is 0. The zero-order valence-electron chi connectivity index (χ0n) is 13.2. The molecule has 4 aromatic rings. The fourth-order valence-electron chi connectivity index (χ4n) is 2.63. The van der Waals surface area contributed by atoms with Crippen LogP contribution < -0.4 is 5.73 Å². The van der Waals surface area contributed by atoms with E-state index >= 15 is 0 Å². The molecule has 26 heavy (non-hydrogen) atoms. The van der Waals surface area contributed by atoms with E-state index in [9.17, 15) is 9.59 Å². The smallest absolute Gasteiger partial charge is 0.337 e. The van der Waals surface area contributed by atoms with E-state index in [-0.39, 0.29) is 0 Å². The number of halogens is 2. The van der Waals surface area contributed by atoms with Gasteiger partial charge < -0.3 is 20.8 Å². The molecule has 5 N–H and O–H groups in total. The molecule has 4 rings (SSSR count). The van der Waals surface area contributed by atoms with Crippen molar-refractivity contribution in [2.45, 2.75) is 0 Å². The zero-order chi connectivity index (χ0) is 18.8. The minimum atomic E-state index is -0.917. The third-order valence-electron chi connectivity index (χ3n) is 3.84. The number of aromatic amines is 2. The van der Waals surface area contributed by atoms with Crippen LogP contribution >= 0.6 is 31.9 Å². The number of fused-ring (bicyclic) bond motifs is 2. The molecule has 0 unspecified atom stereocenters. The number of benzene rings is 2. The van der Waals surface area contributed by atoms with Gasteiger partial charge in [-0.15, -0.1) is 0 Å². The first kappa shape index (κ1) is 18.2. The fourth-order valence-corrected chi connectivity index (χ4v) is 3.55. The molecule has 0 spiro atoms. The molecule has 0 saturated heterocycles. The van der Waals surface area contributed by atoms with E-state index in [2.05, 4.69) is 41.8 Å². The van der Waals surface area contributed by atoms with E-state index in [1.165, 1.54) is 0 Å². The lowest BCUT2D eigenvalue weighted by atomic mass is 10.1. The number of hydrogen-bond acceptors (Lipinski definition) is 2. The molecule has 0 radical (unpaired) electrons. The van der Waals surface area contributed by atoms with Crippen molar-refractivity contribution in [3.05, 3.63) is 68.9 Å². The Kier molecular flexibility index (Phi) is 5.15. The SMILES string of the molecule is NC(=O)c1ccc(Br)c2cc[nH]c12.O=C(O)c1ccc(Br)c2cc[nH]c12. The van der Waals surface area contributed by atoms with Crippen LogP contribution in [0.5, 0.6) is 0 Å². The average molecular weight is 479 g/mol. The quantitative estimate of drug-likeness (QED) is 0.336. The minimum absolute atomic E-state index is 0.295. The Balaban J connectivity index is 0.000000151. The van der Waals surface area contributed by atoms with E-state index in [1.54, 1.807) is 30.6 Å². The topological polar surface area (TPSA) is 112 Å². The summed E-state index contributed by atoms with van der Waals surface area (Å²) in [5.41, 5.74) is 7.46. The van der Waals surface area contributed by atoms with Crippen LogP contribution in [0.3, 0.4) is 0 Å². The highest BCUT2D eigenvalue weighted by molar-refractivity contribution is 9.11. The predicted molar refractivity (Wildman–Crippen MR) is 107 cm³/mol. The van der Waals surface area contributed by atoms with E-state index < -0.39 is 11.9 Å². The van der Waals surface area contributed by atoms with Gasteiger partial charge in [-0.1, -0.05) is 31.9 Å². The molecular weight excluding hydrogens is 466 g/mol. The van der Waals surface area contributed by atoms with Crippen molar-refractivity contribution in [3.8, 4) is 0 Å². The van der Waals surface area contributed by atoms with Crippen molar-refractivity contribution in [2.24, 2.45) is 5.73 Å². The number of nitrogens with two attached hydrogens (primary N) is 1. The van der Waals surface area contributed by atoms with Gasteiger partial charge in [0.15, 0.2) is 0 Å². The van der Waals surface area contributed by atoms with Gasteiger partial charge in [0, 0.05) is 32.1 Å². The van der Waals surface area contributed by atoms with Crippen LogP contribution in [0.2, 0.25) is 0 Å². The summed E-state index contributed by atoms with van der Waals surface area (Å²) in [5.74, 6) is -1.33. The molecule has 0 aliphatic carbocycles. The Morgan fingerprint density at radius 3 is 1.73 bits per heavy atom. The summed E-state index contributed by atoms with van der Waals surface area (Å²) in [6.07, 6.45) is 3.50. The Bertz CT molecular complexity index is 1040. The molecule has 2 heterocycles. The molecule has 0 saturated carbocycles. The average Bonchev–Trinajstić information content (AvgIpc) is 3.25. The number of carboxylic acids is 1. The highest BCUT2D eigenvalue weighted by Gasteiger charge is 2.10. The van der Waals surface area contributed by atoms with Crippen LogP contribution in [0.4, 0.5) is 0 Å². The number of aromatic carboxylic acids is 1. The van der Waals surface area contributed by atoms with Crippen molar-refractivity contribution in [1.29, 1.82) is 0 Å². The van der Waals surface area contributed by atoms with Gasteiger partial charge in [0.05, 0.1) is 22.2 Å². The molecule has 6 nitrogen and oxygen atoms in total. The van der Waals surface area contributed by atoms with Crippen molar-refractivity contribution in [1.82, 2.24) is 9.97 Å². The number of H-pyrrole nitrogens is 2. The summed E-state index contributed by atoms with van der Waals surface area (Å²) in [5, 5.41) is 10.7. The van der Waals surface area contributed by atoms with Crippen LogP contribution in [0.15, 0.2) is 57.7 Å². The molecule has 1 amide bonds. The Hall–Kier alpha value is -2.58. The molecular formula is C18H13Br2N3O3. The third kappa shape index (κ3) is 3.38. The lowest BCUT2D eigenvalue weighted by molar-refractivity contribution is 0.0698. The number of primary amides is 1. The number of carbonyl (C=O) groups is 2. The molecule has 2 aromatic carbocycles. The zero-order valence-corrected chi connectivity index (χ0v) is 16.4. The summed E-state index contributed by atoms with van der Waals surface area (Å²) in [4.78, 5) is 27.7. The molecule has 0 fully saturated rings. The number of carbonyl (C=O) groups excluding carboxylic acids is 1. The van der Waals surface area contributed by atoms with Crippen LogP contribution in [0.25, 0.3) is 21.8 Å². The fraction of sp³-hybridized carbons (Fsp3) is 0. The molecule has 8 heteroatoms. The summed E-state index contributed by atoms with van der Waals surface area (Å²) in [6, 6.07) is 10.6. The maximum Gasteiger partial charge on any atom is 0.337 e. The summed E-state index contributed by atoms with van der Waals surface area (Å²) < 4.78 is 1.85. The third-order valence-corrected chi connectivity index (χ3v) is 5.22.